The number of aliphatic carboxylic acids is 2. The summed E-state index contributed by atoms with van der Waals surface area (Å²) < 4.78 is 0. The van der Waals surface area contributed by atoms with Crippen LogP contribution in [0.3, 0.4) is 0 Å². The molecule has 1 aromatic heterocycles. The SMILES string of the molecule is O=C(O)CC(C(=O)O)c1ccc2nc[nH]c2c1. The number of hydrogen-bond acceptors (Lipinski definition) is 3. The molecule has 0 aliphatic heterocycles. The molecule has 17 heavy (non-hydrogen) atoms. The lowest BCUT2D eigenvalue weighted by molar-refractivity contribution is -0.145. The fourth-order valence-corrected chi connectivity index (χ4v) is 1.69. The minimum absolute atomic E-state index is 0.436. The Hall–Kier alpha value is -2.37. The summed E-state index contributed by atoms with van der Waals surface area (Å²) >= 11 is 0. The van der Waals surface area contributed by atoms with Gasteiger partial charge in [-0.15, -0.1) is 0 Å². The second-order valence-electron chi connectivity index (χ2n) is 3.67. The van der Waals surface area contributed by atoms with Gasteiger partial charge in [-0.05, 0) is 17.7 Å². The molecule has 0 aliphatic carbocycles. The average Bonchev–Trinajstić information content (AvgIpc) is 2.72. The summed E-state index contributed by atoms with van der Waals surface area (Å²) in [5, 5.41) is 17.7. The van der Waals surface area contributed by atoms with E-state index < -0.39 is 24.3 Å². The third kappa shape index (κ3) is 2.25. The number of carboxylic acids is 2. The molecule has 0 amide bonds. The fourth-order valence-electron chi connectivity index (χ4n) is 1.69. The number of carbonyl (C=O) groups is 2. The number of imidazole rings is 1. The zero-order valence-electron chi connectivity index (χ0n) is 8.75. The van der Waals surface area contributed by atoms with Crippen molar-refractivity contribution in [3.63, 3.8) is 0 Å². The van der Waals surface area contributed by atoms with Crippen LogP contribution in [-0.2, 0) is 9.59 Å². The predicted molar refractivity (Wildman–Crippen MR) is 58.7 cm³/mol. The highest BCUT2D eigenvalue weighted by Crippen LogP contribution is 2.23. The van der Waals surface area contributed by atoms with Crippen molar-refractivity contribution in [3.05, 3.63) is 30.1 Å². The van der Waals surface area contributed by atoms with Crippen molar-refractivity contribution in [3.8, 4) is 0 Å². The summed E-state index contributed by atoms with van der Waals surface area (Å²) in [4.78, 5) is 28.5. The molecule has 0 bridgehead atoms. The monoisotopic (exact) mass is 234 g/mol. The Kier molecular flexibility index (Phi) is 2.78. The molecule has 0 radical (unpaired) electrons. The molecule has 3 N–H and O–H groups in total. The Labute approximate surface area is 95.9 Å². The van der Waals surface area contributed by atoms with Gasteiger partial charge in [-0.2, -0.15) is 0 Å². The van der Waals surface area contributed by atoms with Crippen LogP contribution < -0.4 is 0 Å². The highest BCUT2D eigenvalue weighted by atomic mass is 16.4. The van der Waals surface area contributed by atoms with Gasteiger partial charge in [-0.1, -0.05) is 6.07 Å². The van der Waals surface area contributed by atoms with Crippen molar-refractivity contribution in [1.29, 1.82) is 0 Å². The van der Waals surface area contributed by atoms with Gasteiger partial charge in [0, 0.05) is 0 Å². The van der Waals surface area contributed by atoms with Gasteiger partial charge in [-0.25, -0.2) is 4.98 Å². The molecule has 2 aromatic rings. The minimum atomic E-state index is -1.15. The summed E-state index contributed by atoms with van der Waals surface area (Å²) in [6, 6.07) is 4.87. The maximum absolute atomic E-state index is 11.0. The van der Waals surface area contributed by atoms with E-state index in [9.17, 15) is 9.59 Å². The molecule has 0 aliphatic rings. The normalized spacial score (nSPS) is 12.5. The summed E-state index contributed by atoms with van der Waals surface area (Å²) in [7, 11) is 0. The van der Waals surface area contributed by atoms with Gasteiger partial charge in [0.1, 0.15) is 0 Å². The molecule has 1 atom stereocenters. The summed E-state index contributed by atoms with van der Waals surface area (Å²) in [5.74, 6) is -3.33. The lowest BCUT2D eigenvalue weighted by Gasteiger charge is -2.09. The van der Waals surface area contributed by atoms with E-state index in [1.165, 1.54) is 6.33 Å². The van der Waals surface area contributed by atoms with Crippen molar-refractivity contribution < 1.29 is 19.8 Å². The second kappa shape index (κ2) is 4.25. The van der Waals surface area contributed by atoms with Crippen molar-refractivity contribution >= 4 is 23.0 Å². The predicted octanol–water partition coefficient (Wildman–Crippen LogP) is 1.21. The molecular formula is C11H10N2O4. The van der Waals surface area contributed by atoms with Crippen LogP contribution in [0.4, 0.5) is 0 Å². The highest BCUT2D eigenvalue weighted by Gasteiger charge is 2.23. The van der Waals surface area contributed by atoms with E-state index in [-0.39, 0.29) is 0 Å². The largest absolute Gasteiger partial charge is 0.481 e. The minimum Gasteiger partial charge on any atom is -0.481 e. The van der Waals surface area contributed by atoms with Crippen LogP contribution in [0.15, 0.2) is 24.5 Å². The van der Waals surface area contributed by atoms with E-state index in [2.05, 4.69) is 9.97 Å². The molecule has 0 fully saturated rings. The number of aromatic nitrogens is 2. The Morgan fingerprint density at radius 3 is 2.76 bits per heavy atom. The average molecular weight is 234 g/mol. The standard InChI is InChI=1S/C11H10N2O4/c14-10(15)4-7(11(16)17)6-1-2-8-9(3-6)13-5-12-8/h1-3,5,7H,4H2,(H,12,13)(H,14,15)(H,16,17). The zero-order chi connectivity index (χ0) is 12.4. The lowest BCUT2D eigenvalue weighted by atomic mass is 9.95. The number of fused-ring (bicyclic) bond motifs is 1. The molecule has 0 saturated carbocycles. The van der Waals surface area contributed by atoms with Gasteiger partial charge < -0.3 is 15.2 Å². The van der Waals surface area contributed by atoms with Crippen LogP contribution in [0.25, 0.3) is 11.0 Å². The first-order valence-electron chi connectivity index (χ1n) is 4.95. The van der Waals surface area contributed by atoms with Gasteiger partial charge in [0.2, 0.25) is 0 Å². The topological polar surface area (TPSA) is 103 Å². The van der Waals surface area contributed by atoms with E-state index in [0.29, 0.717) is 16.6 Å². The molecular weight excluding hydrogens is 224 g/mol. The van der Waals surface area contributed by atoms with Crippen LogP contribution >= 0.6 is 0 Å². The smallest absolute Gasteiger partial charge is 0.311 e. The summed E-state index contributed by atoms with van der Waals surface area (Å²) in [5.41, 5.74) is 1.86. The Bertz CT molecular complexity index is 576. The van der Waals surface area contributed by atoms with E-state index >= 15 is 0 Å². The summed E-state index contributed by atoms with van der Waals surface area (Å²) in [6.07, 6.45) is 1.07. The fraction of sp³-hybridized carbons (Fsp3) is 0.182. The molecule has 0 spiro atoms. The third-order valence-corrected chi connectivity index (χ3v) is 2.52. The number of hydrogen-bond donors (Lipinski definition) is 3. The Morgan fingerprint density at radius 1 is 1.35 bits per heavy atom. The number of H-pyrrole nitrogens is 1. The first-order chi connectivity index (χ1) is 8.08. The number of nitrogens with zero attached hydrogens (tertiary/aromatic N) is 1. The van der Waals surface area contributed by atoms with Crippen molar-refractivity contribution in [2.75, 3.05) is 0 Å². The quantitative estimate of drug-likeness (QED) is 0.737. The molecule has 1 aromatic carbocycles. The Balaban J connectivity index is 2.40. The summed E-state index contributed by atoms with van der Waals surface area (Å²) in [6.45, 7) is 0. The molecule has 2 rings (SSSR count). The number of benzene rings is 1. The van der Waals surface area contributed by atoms with Crippen LogP contribution in [0, 0.1) is 0 Å². The number of nitrogens with one attached hydrogen (secondary N) is 1. The first-order valence-corrected chi connectivity index (χ1v) is 4.95. The number of aromatic amines is 1. The van der Waals surface area contributed by atoms with E-state index in [1.807, 2.05) is 0 Å². The maximum Gasteiger partial charge on any atom is 0.311 e. The van der Waals surface area contributed by atoms with Crippen molar-refractivity contribution in [2.24, 2.45) is 0 Å². The number of carboxylic acid groups (broad SMARTS) is 2. The van der Waals surface area contributed by atoms with Crippen LogP contribution in [0.2, 0.25) is 0 Å². The molecule has 88 valence electrons. The highest BCUT2D eigenvalue weighted by molar-refractivity contribution is 5.84. The molecule has 6 nitrogen and oxygen atoms in total. The van der Waals surface area contributed by atoms with Gasteiger partial charge in [-0.3, -0.25) is 9.59 Å². The lowest BCUT2D eigenvalue weighted by Crippen LogP contribution is -2.15. The van der Waals surface area contributed by atoms with E-state index in [4.69, 9.17) is 10.2 Å². The second-order valence-corrected chi connectivity index (χ2v) is 3.67. The molecule has 1 heterocycles. The Morgan fingerprint density at radius 2 is 2.12 bits per heavy atom. The van der Waals surface area contributed by atoms with Crippen LogP contribution in [-0.4, -0.2) is 32.1 Å². The van der Waals surface area contributed by atoms with Crippen LogP contribution in [0.5, 0.6) is 0 Å². The van der Waals surface area contributed by atoms with Gasteiger partial charge in [0.05, 0.1) is 29.7 Å². The third-order valence-electron chi connectivity index (χ3n) is 2.52. The molecule has 0 saturated heterocycles. The van der Waals surface area contributed by atoms with Gasteiger partial charge >= 0.3 is 11.9 Å². The number of rotatable bonds is 4. The zero-order valence-corrected chi connectivity index (χ0v) is 8.75. The van der Waals surface area contributed by atoms with Gasteiger partial charge in [0.25, 0.3) is 0 Å². The van der Waals surface area contributed by atoms with E-state index in [0.717, 1.165) is 0 Å². The van der Waals surface area contributed by atoms with Gasteiger partial charge in [0.15, 0.2) is 0 Å². The van der Waals surface area contributed by atoms with Crippen LogP contribution in [0.1, 0.15) is 17.9 Å². The van der Waals surface area contributed by atoms with Crippen molar-refractivity contribution in [1.82, 2.24) is 9.97 Å². The van der Waals surface area contributed by atoms with Crippen molar-refractivity contribution in [2.45, 2.75) is 12.3 Å². The molecule has 6 heteroatoms. The maximum atomic E-state index is 11.0. The molecule has 1 unspecified atom stereocenters. The van der Waals surface area contributed by atoms with E-state index in [1.54, 1.807) is 18.2 Å². The first kappa shape index (κ1) is 11.1.